The maximum atomic E-state index is 7.62. The molecule has 0 atom stereocenters. The fraction of sp³-hybridized carbons (Fsp3) is 0.250. The predicted molar refractivity (Wildman–Crippen MR) is 39.1 cm³/mol. The van der Waals surface area contributed by atoms with Gasteiger partial charge in [0.2, 0.25) is 0 Å². The minimum absolute atomic E-state index is 0.162. The van der Waals surface area contributed by atoms with E-state index in [0.717, 1.165) is 0 Å². The van der Waals surface area contributed by atoms with Gasteiger partial charge in [-0.15, -0.1) is 0 Å². The topological polar surface area (TPSA) is 40.5 Å². The molecule has 2 nitrogen and oxygen atoms in total. The lowest BCUT2D eigenvalue weighted by molar-refractivity contribution is 0.403. The third kappa shape index (κ3) is 1.21. The molecule has 10 heavy (non-hydrogen) atoms. The lowest BCUT2D eigenvalue weighted by Gasteiger charge is -1.98. The average Bonchev–Trinajstić information content (AvgIpc) is 2.23. The second-order valence-corrected chi connectivity index (χ2v) is 1.87. The minimum Gasteiger partial charge on any atom is -0.504 e. The van der Waals surface area contributed by atoms with Crippen molar-refractivity contribution in [3.63, 3.8) is 0 Å². The molecule has 0 radical (unpaired) electrons. The summed E-state index contributed by atoms with van der Waals surface area (Å²) >= 11 is 0. The first kappa shape index (κ1) is 2.82. The maximum absolute atomic E-state index is 7.62. The zero-order chi connectivity index (χ0) is 11.6. The fourth-order valence-electron chi connectivity index (χ4n) is 0.591. The molecule has 0 spiro atoms. The van der Waals surface area contributed by atoms with Gasteiger partial charge in [0.05, 0.1) is 4.11 Å². The van der Waals surface area contributed by atoms with Crippen molar-refractivity contribution >= 4 is 0 Å². The summed E-state index contributed by atoms with van der Waals surface area (Å²) in [5, 5.41) is 8.27. The number of hydrogen-bond acceptors (Lipinski definition) is 2. The van der Waals surface area contributed by atoms with Crippen LogP contribution in [-0.4, -0.2) is 13.1 Å². The Morgan fingerprint density at radius 3 is 2.90 bits per heavy atom. The quantitative estimate of drug-likeness (QED) is 0.632. The third-order valence-electron chi connectivity index (χ3n) is 1.15. The molecule has 1 aromatic carbocycles. The summed E-state index contributed by atoms with van der Waals surface area (Å²) < 4.78 is 36.1. The van der Waals surface area contributed by atoms with Crippen LogP contribution in [0.2, 0.25) is 0 Å². The Kier molecular flexibility index (Phi) is 0.735. The highest BCUT2D eigenvalue weighted by molar-refractivity contribution is 5.40. The molecule has 0 amide bonds. The average molecular weight is 143 g/mol. The highest BCUT2D eigenvalue weighted by Gasteiger charge is 1.97. The molecule has 1 rings (SSSR count). The SMILES string of the molecule is [2H]Oc1c([2H])c([2H])c(CC)c([2H])c1O[2H]. The van der Waals surface area contributed by atoms with E-state index in [1.165, 1.54) is 0 Å². The molecule has 54 valence electrons. The first-order chi connectivity index (χ1) is 7.08. The van der Waals surface area contributed by atoms with Crippen molar-refractivity contribution in [3.05, 3.63) is 23.7 Å². The van der Waals surface area contributed by atoms with E-state index in [1.54, 1.807) is 6.92 Å². The molecule has 0 aliphatic carbocycles. The molecule has 1 aromatic rings. The second kappa shape index (κ2) is 2.60. The molecule has 0 unspecified atom stereocenters. The van der Waals surface area contributed by atoms with Crippen LogP contribution in [-0.2, 0) is 6.42 Å². The van der Waals surface area contributed by atoms with Gasteiger partial charge in [-0.05, 0) is 24.1 Å². The van der Waals surface area contributed by atoms with E-state index in [4.69, 9.17) is 6.97 Å². The summed E-state index contributed by atoms with van der Waals surface area (Å²) in [6.45, 7) is 1.74. The number of phenolic OH excluding ortho intramolecular Hbond substituents is 2. The van der Waals surface area contributed by atoms with Crippen LogP contribution in [0.5, 0.6) is 11.5 Å². The Hall–Kier alpha value is -1.18. The van der Waals surface area contributed by atoms with Crippen LogP contribution in [0, 0.1) is 0 Å². The van der Waals surface area contributed by atoms with Crippen molar-refractivity contribution in [3.8, 4) is 11.5 Å². The Morgan fingerprint density at radius 1 is 1.50 bits per heavy atom. The van der Waals surface area contributed by atoms with Crippen molar-refractivity contribution in [2.45, 2.75) is 13.3 Å². The minimum atomic E-state index is -0.364. The third-order valence-corrected chi connectivity index (χ3v) is 1.15. The molecule has 2 heteroatoms. The van der Waals surface area contributed by atoms with Crippen LogP contribution in [0.4, 0.5) is 0 Å². The van der Waals surface area contributed by atoms with E-state index in [2.05, 4.69) is 10.2 Å². The lowest BCUT2D eigenvalue weighted by atomic mass is 10.1. The summed E-state index contributed by atoms with van der Waals surface area (Å²) in [7, 11) is 0. The molecule has 0 saturated carbocycles. The normalized spacial score (nSPS) is 15.9. The fourth-order valence-corrected chi connectivity index (χ4v) is 0.591. The van der Waals surface area contributed by atoms with E-state index >= 15 is 0 Å². The van der Waals surface area contributed by atoms with Crippen LogP contribution in [0.3, 0.4) is 0 Å². The van der Waals surface area contributed by atoms with Gasteiger partial charge in [0.1, 0.15) is 0 Å². The molecule has 0 saturated heterocycles. The van der Waals surface area contributed by atoms with Crippen LogP contribution >= 0.6 is 0 Å². The van der Waals surface area contributed by atoms with Crippen molar-refractivity contribution in [2.24, 2.45) is 0 Å². The number of benzene rings is 1. The first-order valence-corrected chi connectivity index (χ1v) is 2.97. The molecule has 0 aliphatic rings. The first-order valence-electron chi connectivity index (χ1n) is 5.29. The standard InChI is InChI=1S/C8H10O2/c1-2-6-3-4-7(9)8(10)5-6/h3-5,9-10H,2H2,1H3/i3D,4D,5D/hD2. The van der Waals surface area contributed by atoms with Gasteiger partial charge >= 0.3 is 0 Å². The number of rotatable bonds is 3. The molecule has 0 aromatic heterocycles. The largest absolute Gasteiger partial charge is 0.504 e. The van der Waals surface area contributed by atoms with Gasteiger partial charge in [0, 0.05) is 0 Å². The summed E-state index contributed by atoms with van der Waals surface area (Å²) in [6.07, 6.45) is 0.387. The lowest BCUT2D eigenvalue weighted by Crippen LogP contribution is -1.77. The maximum Gasteiger partial charge on any atom is 0.293 e. The van der Waals surface area contributed by atoms with Crippen LogP contribution in [0.15, 0.2) is 18.1 Å². The number of phenols is 2. The Morgan fingerprint density at radius 2 is 2.30 bits per heavy atom. The Labute approximate surface area is 66.9 Å². The molecule has 0 bridgehead atoms. The van der Waals surface area contributed by atoms with Gasteiger partial charge in [-0.3, -0.25) is 0 Å². The molecular formula is C8H10O2. The Balaban J connectivity index is 3.57. The van der Waals surface area contributed by atoms with Gasteiger partial charge in [-0.25, -0.2) is 0 Å². The second-order valence-electron chi connectivity index (χ2n) is 1.87. The summed E-state index contributed by atoms with van der Waals surface area (Å²) in [6, 6.07) is -0.665. The van der Waals surface area contributed by atoms with Gasteiger partial charge in [-0.1, -0.05) is 13.0 Å². The zero-order valence-electron chi connectivity index (χ0n) is 10.5. The van der Waals surface area contributed by atoms with E-state index in [0.29, 0.717) is 12.0 Å². The van der Waals surface area contributed by atoms with Gasteiger partial charge in [0.15, 0.2) is 11.5 Å². The highest BCUT2D eigenvalue weighted by Crippen LogP contribution is 2.24. The smallest absolute Gasteiger partial charge is 0.293 e. The zero-order valence-corrected chi connectivity index (χ0v) is 5.52. The van der Waals surface area contributed by atoms with E-state index in [1.807, 2.05) is 0 Å². The summed E-state index contributed by atoms with van der Waals surface area (Å²) in [4.78, 5) is 0. The van der Waals surface area contributed by atoms with Crippen LogP contribution in [0.25, 0.3) is 0 Å². The molecule has 0 heterocycles. The molecule has 0 fully saturated rings. The van der Waals surface area contributed by atoms with E-state index in [9.17, 15) is 0 Å². The molecule has 2 N–H and O–H groups in total. The van der Waals surface area contributed by atoms with Crippen LogP contribution in [0.1, 0.15) is 16.6 Å². The van der Waals surface area contributed by atoms with Crippen molar-refractivity contribution < 1.29 is 14.3 Å². The molecular weight excluding hydrogens is 128 g/mol. The Bertz CT molecular complexity index is 380. The van der Waals surface area contributed by atoms with Gasteiger partial charge in [0.25, 0.3) is 2.86 Å². The van der Waals surface area contributed by atoms with E-state index < -0.39 is 0 Å². The van der Waals surface area contributed by atoms with Crippen molar-refractivity contribution in [1.29, 1.82) is 2.86 Å². The summed E-state index contributed by atoms with van der Waals surface area (Å²) in [5.41, 5.74) is 0.308. The molecule has 0 aliphatic heterocycles. The monoisotopic (exact) mass is 143 g/mol. The van der Waals surface area contributed by atoms with Gasteiger partial charge in [-0.2, -0.15) is 0 Å². The summed E-state index contributed by atoms with van der Waals surface area (Å²) in [5.74, 6) is -0.653. The van der Waals surface area contributed by atoms with Crippen LogP contribution < -0.4 is 0 Å². The number of hydrogen-bond donors (Lipinski definition) is 2. The predicted octanol–water partition coefficient (Wildman–Crippen LogP) is 1.66. The highest BCUT2D eigenvalue weighted by atomic mass is 16.3. The van der Waals surface area contributed by atoms with Gasteiger partial charge < -0.3 is 10.2 Å². The number of aromatic hydroxyl groups is 2. The van der Waals surface area contributed by atoms with Crippen molar-refractivity contribution in [2.75, 3.05) is 0 Å². The van der Waals surface area contributed by atoms with E-state index in [-0.39, 0.29) is 29.6 Å². The van der Waals surface area contributed by atoms with Crippen molar-refractivity contribution in [1.82, 2.24) is 0 Å².